The first-order valence-corrected chi connectivity index (χ1v) is 9.67. The van der Waals surface area contributed by atoms with Crippen LogP contribution in [0.4, 0.5) is 0 Å². The molecule has 1 N–H and O–H groups in total. The van der Waals surface area contributed by atoms with Crippen LogP contribution < -0.4 is 4.90 Å². The van der Waals surface area contributed by atoms with Gasteiger partial charge in [-0.05, 0) is 42.5 Å². The second-order valence-electron chi connectivity index (χ2n) is 6.04. The third-order valence-corrected chi connectivity index (χ3v) is 5.66. The number of hydrogen-bond acceptors (Lipinski definition) is 5. The average molecular weight is 382 g/mol. The number of amides is 1. The van der Waals surface area contributed by atoms with Gasteiger partial charge in [0.15, 0.2) is 0 Å². The zero-order chi connectivity index (χ0) is 17.8. The molecule has 25 heavy (non-hydrogen) atoms. The summed E-state index contributed by atoms with van der Waals surface area (Å²) in [7, 11) is 0. The van der Waals surface area contributed by atoms with Crippen molar-refractivity contribution in [3.63, 3.8) is 0 Å². The van der Waals surface area contributed by atoms with Gasteiger partial charge >= 0.3 is 0 Å². The first kappa shape index (κ1) is 18.2. The summed E-state index contributed by atoms with van der Waals surface area (Å²) in [5.41, 5.74) is 0.778. The number of rotatable bonds is 5. The normalized spacial score (nSPS) is 16.8. The molecule has 0 spiro atoms. The molecule has 1 aliphatic rings. The van der Waals surface area contributed by atoms with Gasteiger partial charge in [-0.1, -0.05) is 29.4 Å². The zero-order valence-corrected chi connectivity index (χ0v) is 15.9. The minimum Gasteiger partial charge on any atom is -0.332 e. The largest absolute Gasteiger partial charge is 0.332 e. The molecule has 1 atom stereocenters. The number of benzene rings is 1. The molecule has 3 rings (SSSR count). The maximum Gasteiger partial charge on any atom is 0.236 e. The van der Waals surface area contributed by atoms with Crippen LogP contribution in [-0.4, -0.2) is 69.0 Å². The molecule has 2 aromatic rings. The highest BCUT2D eigenvalue weighted by atomic mass is 35.5. The predicted octanol–water partition coefficient (Wildman–Crippen LogP) is 0.543. The van der Waals surface area contributed by atoms with Gasteiger partial charge in [0.25, 0.3) is 0 Å². The summed E-state index contributed by atoms with van der Waals surface area (Å²) in [6, 6.07) is 7.32. The fourth-order valence-corrected chi connectivity index (χ4v) is 3.96. The number of thioether (sulfide) groups is 1. The van der Waals surface area contributed by atoms with Crippen molar-refractivity contribution < 1.29 is 9.69 Å². The molecule has 1 aromatic carbocycles. The van der Waals surface area contributed by atoms with E-state index in [0.29, 0.717) is 10.2 Å². The third-order valence-electron chi connectivity index (χ3n) is 4.41. The monoisotopic (exact) mass is 381 g/mol. The van der Waals surface area contributed by atoms with E-state index in [4.69, 9.17) is 11.6 Å². The van der Waals surface area contributed by atoms with E-state index < -0.39 is 0 Å². The van der Waals surface area contributed by atoms with E-state index in [9.17, 15) is 4.79 Å². The SMILES string of the molecule is CC[NH+]1CCN(C(=O)[C@H](C)Sc2nnnn2-c2cccc(Cl)c2)CC1. The van der Waals surface area contributed by atoms with Crippen molar-refractivity contribution in [1.82, 2.24) is 25.1 Å². The summed E-state index contributed by atoms with van der Waals surface area (Å²) in [5, 5.41) is 12.8. The topological polar surface area (TPSA) is 68.3 Å². The van der Waals surface area contributed by atoms with Crippen LogP contribution in [0.1, 0.15) is 13.8 Å². The van der Waals surface area contributed by atoms with Crippen molar-refractivity contribution in [1.29, 1.82) is 0 Å². The van der Waals surface area contributed by atoms with E-state index >= 15 is 0 Å². The summed E-state index contributed by atoms with van der Waals surface area (Å²) in [5.74, 6) is 0.140. The van der Waals surface area contributed by atoms with Crippen LogP contribution in [0.5, 0.6) is 0 Å². The van der Waals surface area contributed by atoms with Crippen LogP contribution in [0.25, 0.3) is 5.69 Å². The zero-order valence-electron chi connectivity index (χ0n) is 14.4. The van der Waals surface area contributed by atoms with Gasteiger partial charge in [0.05, 0.1) is 43.7 Å². The van der Waals surface area contributed by atoms with Crippen molar-refractivity contribution >= 4 is 29.3 Å². The molecule has 1 fully saturated rings. The van der Waals surface area contributed by atoms with Crippen molar-refractivity contribution in [2.75, 3.05) is 32.7 Å². The standard InChI is InChI=1S/C16H21ClN6OS/c1-3-21-7-9-22(10-8-21)15(24)12(2)25-16-18-19-20-23(16)14-6-4-5-13(17)11-14/h4-6,11-12H,3,7-10H2,1-2H3/p+1/t12-/m0/s1. The summed E-state index contributed by atoms with van der Waals surface area (Å²) >= 11 is 7.42. The number of hydrogen-bond donors (Lipinski definition) is 1. The number of aromatic nitrogens is 4. The van der Waals surface area contributed by atoms with E-state index in [2.05, 4.69) is 22.4 Å². The Hall–Kier alpha value is -1.64. The van der Waals surface area contributed by atoms with Crippen molar-refractivity contribution in [3.05, 3.63) is 29.3 Å². The number of quaternary nitrogens is 1. The number of likely N-dealkylation sites (N-methyl/N-ethyl adjacent to an activating group) is 1. The first-order valence-electron chi connectivity index (χ1n) is 8.41. The van der Waals surface area contributed by atoms with Gasteiger partial charge in [0.1, 0.15) is 0 Å². The van der Waals surface area contributed by atoms with Gasteiger partial charge in [-0.25, -0.2) is 0 Å². The lowest BCUT2D eigenvalue weighted by Gasteiger charge is -2.32. The second-order valence-corrected chi connectivity index (χ2v) is 7.79. The van der Waals surface area contributed by atoms with Gasteiger partial charge < -0.3 is 9.80 Å². The molecule has 0 saturated carbocycles. The number of halogens is 1. The predicted molar refractivity (Wildman–Crippen MR) is 97.3 cm³/mol. The number of carbonyl (C=O) groups excluding carboxylic acids is 1. The molecule has 9 heteroatoms. The Morgan fingerprint density at radius 3 is 2.84 bits per heavy atom. The number of nitrogens with one attached hydrogen (secondary N) is 1. The van der Waals surface area contributed by atoms with Crippen LogP contribution >= 0.6 is 23.4 Å². The molecule has 134 valence electrons. The van der Waals surface area contributed by atoms with E-state index in [1.807, 2.05) is 24.0 Å². The molecule has 0 radical (unpaired) electrons. The molecule has 7 nitrogen and oxygen atoms in total. The fourth-order valence-electron chi connectivity index (χ4n) is 2.88. The second kappa shape index (κ2) is 8.16. The van der Waals surface area contributed by atoms with Gasteiger partial charge in [-0.2, -0.15) is 4.68 Å². The molecule has 1 saturated heterocycles. The Kier molecular flexibility index (Phi) is 5.93. The summed E-state index contributed by atoms with van der Waals surface area (Å²) < 4.78 is 1.61. The highest BCUT2D eigenvalue weighted by Gasteiger charge is 2.28. The lowest BCUT2D eigenvalue weighted by Crippen LogP contribution is -3.14. The van der Waals surface area contributed by atoms with Crippen LogP contribution in [0.2, 0.25) is 5.02 Å². The lowest BCUT2D eigenvalue weighted by atomic mass is 10.3. The lowest BCUT2D eigenvalue weighted by molar-refractivity contribution is -0.902. The Morgan fingerprint density at radius 2 is 2.16 bits per heavy atom. The Morgan fingerprint density at radius 1 is 1.40 bits per heavy atom. The van der Waals surface area contributed by atoms with Crippen LogP contribution in [-0.2, 0) is 4.79 Å². The Labute approximate surface area is 156 Å². The average Bonchev–Trinajstić information content (AvgIpc) is 3.09. The quantitative estimate of drug-likeness (QED) is 0.766. The molecular weight excluding hydrogens is 360 g/mol. The molecule has 1 aromatic heterocycles. The molecule has 0 aliphatic carbocycles. The summed E-state index contributed by atoms with van der Waals surface area (Å²) in [4.78, 5) is 16.2. The van der Waals surface area contributed by atoms with Crippen LogP contribution in [0, 0.1) is 0 Å². The minimum absolute atomic E-state index is 0.140. The molecule has 0 bridgehead atoms. The number of carbonyl (C=O) groups is 1. The third kappa shape index (κ3) is 4.31. The maximum absolute atomic E-state index is 12.7. The summed E-state index contributed by atoms with van der Waals surface area (Å²) in [6.07, 6.45) is 0. The van der Waals surface area contributed by atoms with Gasteiger partial charge in [-0.15, -0.1) is 5.10 Å². The maximum atomic E-state index is 12.7. The number of piperazine rings is 1. The molecular formula is C16H22ClN6OS+. The number of tetrazole rings is 1. The van der Waals surface area contributed by atoms with Gasteiger partial charge in [0, 0.05) is 5.02 Å². The minimum atomic E-state index is -0.243. The molecule has 2 heterocycles. The smallest absolute Gasteiger partial charge is 0.236 e. The molecule has 0 unspecified atom stereocenters. The van der Waals surface area contributed by atoms with E-state index in [-0.39, 0.29) is 11.2 Å². The van der Waals surface area contributed by atoms with Crippen LogP contribution in [0.3, 0.4) is 0 Å². The Bertz CT molecular complexity index is 731. The van der Waals surface area contributed by atoms with Crippen molar-refractivity contribution in [2.24, 2.45) is 0 Å². The van der Waals surface area contributed by atoms with Gasteiger partial charge in [-0.3, -0.25) is 4.79 Å². The van der Waals surface area contributed by atoms with Crippen molar-refractivity contribution in [2.45, 2.75) is 24.3 Å². The van der Waals surface area contributed by atoms with Crippen LogP contribution in [0.15, 0.2) is 29.4 Å². The number of nitrogens with zero attached hydrogens (tertiary/aromatic N) is 5. The fraction of sp³-hybridized carbons (Fsp3) is 0.500. The molecule has 1 amide bonds. The van der Waals surface area contributed by atoms with E-state index in [0.717, 1.165) is 38.4 Å². The van der Waals surface area contributed by atoms with E-state index in [1.165, 1.54) is 11.8 Å². The van der Waals surface area contributed by atoms with E-state index in [1.54, 1.807) is 21.7 Å². The van der Waals surface area contributed by atoms with Crippen molar-refractivity contribution in [3.8, 4) is 5.69 Å². The highest BCUT2D eigenvalue weighted by molar-refractivity contribution is 8.00. The first-order chi connectivity index (χ1) is 12.1. The van der Waals surface area contributed by atoms with Gasteiger partial charge in [0.2, 0.25) is 11.1 Å². The highest BCUT2D eigenvalue weighted by Crippen LogP contribution is 2.25. The Balaban J connectivity index is 1.67. The molecule has 1 aliphatic heterocycles. The summed E-state index contributed by atoms with van der Waals surface area (Å²) in [6.45, 7) is 8.85.